The molecule has 0 aliphatic rings. The van der Waals surface area contributed by atoms with E-state index in [-0.39, 0.29) is 30.2 Å². The second-order valence-electron chi connectivity index (χ2n) is 7.38. The number of aromatic amines is 1. The van der Waals surface area contributed by atoms with E-state index in [0.29, 0.717) is 22.1 Å². The van der Waals surface area contributed by atoms with Gasteiger partial charge >= 0.3 is 0 Å². The van der Waals surface area contributed by atoms with Crippen molar-refractivity contribution in [2.24, 2.45) is 0 Å². The van der Waals surface area contributed by atoms with Gasteiger partial charge in [-0.2, -0.15) is 0 Å². The van der Waals surface area contributed by atoms with Crippen LogP contribution in [0.4, 0.5) is 5.82 Å². The van der Waals surface area contributed by atoms with E-state index in [9.17, 15) is 9.59 Å². The predicted molar refractivity (Wildman–Crippen MR) is 120 cm³/mol. The van der Waals surface area contributed by atoms with Crippen LogP contribution in [-0.4, -0.2) is 37.4 Å². The molecule has 0 aliphatic carbocycles. The molecule has 8 nitrogen and oxygen atoms in total. The summed E-state index contributed by atoms with van der Waals surface area (Å²) in [6.45, 7) is 2.36. The average Bonchev–Trinajstić information content (AvgIpc) is 3.12. The first kappa shape index (κ1) is 20.6. The average molecular weight is 437 g/mol. The van der Waals surface area contributed by atoms with Crippen LogP contribution in [0.1, 0.15) is 27.4 Å². The molecule has 0 aromatic carbocycles. The van der Waals surface area contributed by atoms with Crippen LogP contribution in [0.3, 0.4) is 0 Å². The molecule has 0 radical (unpaired) electrons. The second-order valence-corrected chi connectivity index (χ2v) is 7.82. The number of amides is 1. The van der Waals surface area contributed by atoms with Gasteiger partial charge in [-0.15, -0.1) is 0 Å². The summed E-state index contributed by atoms with van der Waals surface area (Å²) in [4.78, 5) is 39.1. The Morgan fingerprint density at radius 3 is 2.81 bits per heavy atom. The molecule has 0 spiro atoms. The number of anilines is 1. The number of pyridine rings is 3. The molecule has 158 valence electrons. The molecule has 31 heavy (non-hydrogen) atoms. The molecule has 3 N–H and O–H groups in total. The Morgan fingerprint density at radius 2 is 2.06 bits per heavy atom. The Morgan fingerprint density at radius 1 is 1.26 bits per heavy atom. The van der Waals surface area contributed by atoms with Gasteiger partial charge in [0.25, 0.3) is 11.5 Å². The lowest BCUT2D eigenvalue weighted by Crippen LogP contribution is -2.33. The summed E-state index contributed by atoms with van der Waals surface area (Å²) in [6.07, 6.45) is 1.53. The zero-order chi connectivity index (χ0) is 22.1. The lowest BCUT2D eigenvalue weighted by molar-refractivity contribution is 0.0771. The predicted octanol–water partition coefficient (Wildman–Crippen LogP) is 2.98. The minimum Gasteiger partial charge on any atom is -0.383 e. The molecule has 1 amide bonds. The van der Waals surface area contributed by atoms with Crippen molar-refractivity contribution in [1.29, 1.82) is 0 Å². The summed E-state index contributed by atoms with van der Waals surface area (Å²) in [5, 5.41) is 0.527. The zero-order valence-electron chi connectivity index (χ0n) is 17.1. The number of H-pyrrole nitrogens is 1. The third-order valence-electron chi connectivity index (χ3n) is 5.02. The van der Waals surface area contributed by atoms with Gasteiger partial charge in [0.05, 0.1) is 34.8 Å². The van der Waals surface area contributed by atoms with Gasteiger partial charge in [-0.25, -0.2) is 4.98 Å². The lowest BCUT2D eigenvalue weighted by Gasteiger charge is -2.19. The van der Waals surface area contributed by atoms with Crippen LogP contribution in [0.5, 0.6) is 0 Å². The van der Waals surface area contributed by atoms with Crippen molar-refractivity contribution in [1.82, 2.24) is 24.4 Å². The topological polar surface area (TPSA) is 110 Å². The highest BCUT2D eigenvalue weighted by Gasteiger charge is 2.18. The number of aromatic nitrogens is 4. The number of nitrogens with zero attached hydrogens (tertiary/aromatic N) is 4. The number of nitrogens with two attached hydrogens (primary N) is 1. The SMILES string of the molecule is Cc1cc2[nH]c(Cn3c(C(=O)N(C)Cc4ccc(Cl)cn4)cccc3=O)cc2nc1N. The van der Waals surface area contributed by atoms with Crippen LogP contribution in [-0.2, 0) is 13.1 Å². The molecule has 4 rings (SSSR count). The Hall–Kier alpha value is -3.65. The summed E-state index contributed by atoms with van der Waals surface area (Å²) >= 11 is 5.87. The van der Waals surface area contributed by atoms with Gasteiger partial charge in [-0.1, -0.05) is 17.7 Å². The fourth-order valence-corrected chi connectivity index (χ4v) is 3.47. The normalized spacial score (nSPS) is 11.1. The summed E-state index contributed by atoms with van der Waals surface area (Å²) in [6, 6.07) is 11.9. The van der Waals surface area contributed by atoms with E-state index in [2.05, 4.69) is 15.0 Å². The minimum absolute atomic E-state index is 0.198. The van der Waals surface area contributed by atoms with Gasteiger partial charge in [0, 0.05) is 25.0 Å². The largest absolute Gasteiger partial charge is 0.383 e. The zero-order valence-corrected chi connectivity index (χ0v) is 17.8. The molecule has 0 atom stereocenters. The Balaban J connectivity index is 1.63. The fraction of sp³-hybridized carbons (Fsp3) is 0.182. The van der Waals surface area contributed by atoms with Gasteiger partial charge in [-0.05, 0) is 42.8 Å². The third-order valence-corrected chi connectivity index (χ3v) is 5.24. The molecule has 4 heterocycles. The first-order valence-electron chi connectivity index (χ1n) is 9.62. The van der Waals surface area contributed by atoms with Crippen molar-refractivity contribution in [3.63, 3.8) is 0 Å². The van der Waals surface area contributed by atoms with Crippen molar-refractivity contribution in [3.8, 4) is 0 Å². The van der Waals surface area contributed by atoms with Crippen LogP contribution in [0.15, 0.2) is 53.5 Å². The van der Waals surface area contributed by atoms with Crippen molar-refractivity contribution in [2.75, 3.05) is 12.8 Å². The number of hydrogen-bond acceptors (Lipinski definition) is 5. The van der Waals surface area contributed by atoms with Crippen molar-refractivity contribution >= 4 is 34.4 Å². The molecule has 0 saturated carbocycles. The van der Waals surface area contributed by atoms with Gasteiger partial charge in [0.1, 0.15) is 11.5 Å². The van der Waals surface area contributed by atoms with E-state index in [1.54, 1.807) is 31.3 Å². The Kier molecular flexibility index (Phi) is 5.48. The number of halogens is 1. The van der Waals surface area contributed by atoms with Gasteiger partial charge in [-0.3, -0.25) is 19.1 Å². The number of rotatable bonds is 5. The third kappa shape index (κ3) is 4.29. The standard InChI is InChI=1S/C22H21ClN6O2/c1-13-8-17-18(27-21(13)24)9-16(26-17)12-29-19(4-3-5-20(29)30)22(31)28(2)11-15-7-6-14(23)10-25-15/h3-10,26H,11-12H2,1-2H3,(H2,24,27). The maximum Gasteiger partial charge on any atom is 0.270 e. The van der Waals surface area contributed by atoms with Crippen molar-refractivity contribution in [2.45, 2.75) is 20.0 Å². The first-order chi connectivity index (χ1) is 14.8. The summed E-state index contributed by atoms with van der Waals surface area (Å²) in [7, 11) is 1.67. The molecular weight excluding hydrogens is 416 g/mol. The number of nitrogen functional groups attached to an aromatic ring is 1. The highest BCUT2D eigenvalue weighted by atomic mass is 35.5. The fourth-order valence-electron chi connectivity index (χ4n) is 3.36. The minimum atomic E-state index is -0.288. The molecule has 9 heteroatoms. The van der Waals surface area contributed by atoms with Gasteiger partial charge in [0.2, 0.25) is 0 Å². The van der Waals surface area contributed by atoms with Gasteiger partial charge < -0.3 is 15.6 Å². The van der Waals surface area contributed by atoms with Crippen LogP contribution >= 0.6 is 11.6 Å². The maximum atomic E-state index is 13.1. The highest BCUT2D eigenvalue weighted by molar-refractivity contribution is 6.30. The molecule has 0 unspecified atom stereocenters. The van der Waals surface area contributed by atoms with E-state index in [1.165, 1.54) is 21.7 Å². The molecule has 4 aromatic rings. The lowest BCUT2D eigenvalue weighted by atomic mass is 10.2. The first-order valence-corrected chi connectivity index (χ1v) is 10.00. The van der Waals surface area contributed by atoms with Crippen LogP contribution in [0.2, 0.25) is 5.02 Å². The number of fused-ring (bicyclic) bond motifs is 1. The highest BCUT2D eigenvalue weighted by Crippen LogP contribution is 2.19. The molecule has 0 fully saturated rings. The van der Waals surface area contributed by atoms with E-state index in [1.807, 2.05) is 19.1 Å². The second kappa shape index (κ2) is 8.23. The number of aryl methyl sites for hydroxylation is 1. The Bertz CT molecular complexity index is 1290. The van der Waals surface area contributed by atoms with E-state index < -0.39 is 0 Å². The monoisotopic (exact) mass is 436 g/mol. The van der Waals surface area contributed by atoms with E-state index >= 15 is 0 Å². The molecule has 0 saturated heterocycles. The molecule has 0 aliphatic heterocycles. The van der Waals surface area contributed by atoms with Gasteiger partial charge in [0.15, 0.2) is 0 Å². The molecular formula is C22H21ClN6O2. The summed E-state index contributed by atoms with van der Waals surface area (Å²) in [5.41, 5.74) is 9.75. The summed E-state index contributed by atoms with van der Waals surface area (Å²) < 4.78 is 1.44. The smallest absolute Gasteiger partial charge is 0.270 e. The number of carbonyl (C=O) groups excluding carboxylic acids is 1. The number of carbonyl (C=O) groups is 1. The number of hydrogen-bond donors (Lipinski definition) is 2. The molecule has 4 aromatic heterocycles. The van der Waals surface area contributed by atoms with Crippen LogP contribution < -0.4 is 11.3 Å². The molecule has 0 bridgehead atoms. The van der Waals surface area contributed by atoms with Crippen molar-refractivity contribution in [3.05, 3.63) is 86.7 Å². The van der Waals surface area contributed by atoms with E-state index in [4.69, 9.17) is 17.3 Å². The van der Waals surface area contributed by atoms with Crippen LogP contribution in [0, 0.1) is 6.92 Å². The maximum absolute atomic E-state index is 13.1. The van der Waals surface area contributed by atoms with Crippen molar-refractivity contribution < 1.29 is 4.79 Å². The quantitative estimate of drug-likeness (QED) is 0.499. The number of nitrogens with one attached hydrogen (secondary N) is 1. The Labute approximate surface area is 183 Å². The van der Waals surface area contributed by atoms with E-state index in [0.717, 1.165) is 16.8 Å². The van der Waals surface area contributed by atoms with Crippen LogP contribution in [0.25, 0.3) is 11.0 Å². The summed E-state index contributed by atoms with van der Waals surface area (Å²) in [5.74, 6) is 0.173.